The minimum Gasteiger partial charge on any atom is -0.459 e. The monoisotopic (exact) mass is 523 g/mol. The second kappa shape index (κ2) is 8.70. The fourth-order valence-corrected chi connectivity index (χ4v) is 4.84. The third kappa shape index (κ3) is 3.83. The maximum absolute atomic E-state index is 6.43. The molecular weight excluding hydrogens is 506 g/mol. The minimum absolute atomic E-state index is 0.160. The first-order chi connectivity index (χ1) is 15.5. The average molecular weight is 525 g/mol. The second-order valence-corrected chi connectivity index (χ2v) is 9.30. The summed E-state index contributed by atoms with van der Waals surface area (Å²) in [5, 5.41) is 4.80. The van der Waals surface area contributed by atoms with Crippen molar-refractivity contribution < 1.29 is 4.42 Å². The van der Waals surface area contributed by atoms with Gasteiger partial charge >= 0.3 is 0 Å². The number of hydrogen-bond acceptors (Lipinski definition) is 3. The number of halogens is 2. The van der Waals surface area contributed by atoms with E-state index in [0.29, 0.717) is 10.1 Å². The molecule has 1 saturated heterocycles. The molecule has 160 valence electrons. The molecule has 4 nitrogen and oxygen atoms in total. The lowest BCUT2D eigenvalue weighted by Crippen LogP contribution is -2.29. The van der Waals surface area contributed by atoms with E-state index in [1.165, 1.54) is 0 Å². The van der Waals surface area contributed by atoms with Gasteiger partial charge in [0.2, 0.25) is 0 Å². The molecule has 3 heterocycles. The molecule has 4 aromatic rings. The number of benzene rings is 2. The quantitative estimate of drug-likeness (QED) is 0.285. The van der Waals surface area contributed by atoms with Gasteiger partial charge in [0.1, 0.15) is 17.6 Å². The average Bonchev–Trinajstić information content (AvgIpc) is 3.41. The van der Waals surface area contributed by atoms with Crippen molar-refractivity contribution in [3.63, 3.8) is 0 Å². The van der Waals surface area contributed by atoms with E-state index in [4.69, 9.17) is 28.2 Å². The van der Waals surface area contributed by atoms with Crippen molar-refractivity contribution in [1.29, 1.82) is 0 Å². The predicted molar refractivity (Wildman–Crippen MR) is 136 cm³/mol. The predicted octanol–water partition coefficient (Wildman–Crippen LogP) is 7.24. The Morgan fingerprint density at radius 1 is 1.03 bits per heavy atom. The van der Waals surface area contributed by atoms with Gasteiger partial charge in [0.25, 0.3) is 0 Å². The molecule has 0 spiro atoms. The van der Waals surface area contributed by atoms with Crippen molar-refractivity contribution >= 4 is 50.5 Å². The highest BCUT2D eigenvalue weighted by molar-refractivity contribution is 9.10. The van der Waals surface area contributed by atoms with Crippen molar-refractivity contribution in [3.05, 3.63) is 106 Å². The lowest BCUT2D eigenvalue weighted by molar-refractivity contribution is 0.439. The van der Waals surface area contributed by atoms with Crippen LogP contribution in [0.15, 0.2) is 87.9 Å². The minimum atomic E-state index is -0.202. The Hall–Kier alpha value is -2.67. The Bertz CT molecular complexity index is 1280. The second-order valence-electron chi connectivity index (χ2n) is 7.59. The van der Waals surface area contributed by atoms with E-state index in [9.17, 15) is 0 Å². The fourth-order valence-electron chi connectivity index (χ4n) is 4.05. The Morgan fingerprint density at radius 3 is 2.59 bits per heavy atom. The number of pyridine rings is 1. The van der Waals surface area contributed by atoms with Crippen LogP contribution in [0.25, 0.3) is 11.3 Å². The lowest BCUT2D eigenvalue weighted by Gasteiger charge is -2.26. The van der Waals surface area contributed by atoms with Gasteiger partial charge in [-0.25, -0.2) is 0 Å². The van der Waals surface area contributed by atoms with Crippen molar-refractivity contribution in [2.75, 3.05) is 4.90 Å². The van der Waals surface area contributed by atoms with E-state index >= 15 is 0 Å². The molecule has 0 amide bonds. The lowest BCUT2D eigenvalue weighted by atomic mass is 10.0. The summed E-state index contributed by atoms with van der Waals surface area (Å²) in [6.07, 6.45) is 1.79. The van der Waals surface area contributed by atoms with Gasteiger partial charge in [-0.2, -0.15) is 0 Å². The molecule has 2 aromatic carbocycles. The van der Waals surface area contributed by atoms with Gasteiger partial charge in [0.05, 0.1) is 11.7 Å². The topological polar surface area (TPSA) is 41.3 Å². The highest BCUT2D eigenvalue weighted by Gasteiger charge is 2.42. The van der Waals surface area contributed by atoms with Crippen LogP contribution in [0.4, 0.5) is 5.69 Å². The van der Waals surface area contributed by atoms with E-state index in [1.807, 2.05) is 79.7 Å². The third-order valence-corrected chi connectivity index (χ3v) is 6.91. The SMILES string of the molecule is Cc1c(Cl)cccc1-c1ccc([C@@H]2[C@@H](c3ccccn3)NC(=S)N2c2ccc(Br)cc2)o1. The number of nitrogens with zero attached hydrogens (tertiary/aromatic N) is 2. The molecule has 2 aromatic heterocycles. The van der Waals surface area contributed by atoms with Gasteiger partial charge in [-0.05, 0) is 79.3 Å². The number of aromatic nitrogens is 1. The van der Waals surface area contributed by atoms with Crippen molar-refractivity contribution in [2.24, 2.45) is 0 Å². The van der Waals surface area contributed by atoms with Crippen LogP contribution in [0.1, 0.15) is 29.1 Å². The summed E-state index contributed by atoms with van der Waals surface area (Å²) >= 11 is 15.6. The normalized spacial score (nSPS) is 18.1. The van der Waals surface area contributed by atoms with Crippen LogP contribution in [0.5, 0.6) is 0 Å². The van der Waals surface area contributed by atoms with Crippen molar-refractivity contribution in [1.82, 2.24) is 10.3 Å². The Balaban J connectivity index is 1.61. The molecule has 1 aliphatic heterocycles. The molecule has 1 N–H and O–H groups in total. The fraction of sp³-hybridized carbons (Fsp3) is 0.120. The zero-order valence-electron chi connectivity index (χ0n) is 17.1. The smallest absolute Gasteiger partial charge is 0.174 e. The highest BCUT2D eigenvalue weighted by atomic mass is 79.9. The molecule has 7 heteroatoms. The number of furan rings is 1. The number of rotatable bonds is 4. The molecule has 0 unspecified atom stereocenters. The largest absolute Gasteiger partial charge is 0.459 e. The zero-order valence-corrected chi connectivity index (χ0v) is 20.3. The van der Waals surface area contributed by atoms with Crippen molar-refractivity contribution in [2.45, 2.75) is 19.0 Å². The Kier molecular flexibility index (Phi) is 5.76. The first kappa shape index (κ1) is 21.2. The van der Waals surface area contributed by atoms with Crippen molar-refractivity contribution in [3.8, 4) is 11.3 Å². The van der Waals surface area contributed by atoms with Crippen LogP contribution < -0.4 is 10.2 Å². The maximum atomic E-state index is 6.43. The van der Waals surface area contributed by atoms with Crippen LogP contribution in [0.3, 0.4) is 0 Å². The first-order valence-corrected chi connectivity index (χ1v) is 11.7. The van der Waals surface area contributed by atoms with Gasteiger partial charge in [-0.15, -0.1) is 0 Å². The number of nitrogens with one attached hydrogen (secondary N) is 1. The molecule has 5 rings (SSSR count). The molecule has 1 fully saturated rings. The van der Waals surface area contributed by atoms with Gasteiger partial charge < -0.3 is 14.6 Å². The van der Waals surface area contributed by atoms with E-state index in [2.05, 4.69) is 31.1 Å². The Morgan fingerprint density at radius 2 is 1.84 bits per heavy atom. The van der Waals surface area contributed by atoms with Crippen LogP contribution in [-0.2, 0) is 0 Å². The molecular formula is C25H19BrClN3OS. The molecule has 2 atom stereocenters. The molecule has 0 saturated carbocycles. The van der Waals surface area contributed by atoms with Gasteiger partial charge in [-0.1, -0.05) is 45.7 Å². The summed E-state index contributed by atoms with van der Waals surface area (Å²) in [7, 11) is 0. The summed E-state index contributed by atoms with van der Waals surface area (Å²) in [5.41, 5.74) is 3.84. The summed E-state index contributed by atoms with van der Waals surface area (Å²) in [6.45, 7) is 2.00. The first-order valence-electron chi connectivity index (χ1n) is 10.1. The van der Waals surface area contributed by atoms with Gasteiger partial charge in [-0.3, -0.25) is 4.98 Å². The summed E-state index contributed by atoms with van der Waals surface area (Å²) in [5.74, 6) is 1.57. The summed E-state index contributed by atoms with van der Waals surface area (Å²) in [4.78, 5) is 6.68. The standard InChI is InChI=1S/C25H19BrClN3OS/c1-15-18(5-4-6-19(15)27)21-12-13-22(31-21)24-23(20-7-2-3-14-28-20)29-25(32)30(24)17-10-8-16(26)9-11-17/h2-14,23-24H,1H3,(H,29,32)/t23-,24-/m1/s1. The van der Waals surface area contributed by atoms with E-state index < -0.39 is 0 Å². The molecule has 0 aliphatic carbocycles. The highest BCUT2D eigenvalue weighted by Crippen LogP contribution is 2.43. The van der Waals surface area contributed by atoms with E-state index in [1.54, 1.807) is 6.20 Å². The molecule has 0 radical (unpaired) electrons. The number of thiocarbonyl (C=S) groups is 1. The summed E-state index contributed by atoms with van der Waals surface area (Å²) in [6, 6.07) is 23.5. The number of anilines is 1. The summed E-state index contributed by atoms with van der Waals surface area (Å²) < 4.78 is 7.44. The van der Waals surface area contributed by atoms with Gasteiger partial charge in [0.15, 0.2) is 5.11 Å². The van der Waals surface area contributed by atoms with E-state index in [0.717, 1.165) is 38.5 Å². The van der Waals surface area contributed by atoms with Crippen LogP contribution in [-0.4, -0.2) is 10.1 Å². The van der Waals surface area contributed by atoms with E-state index in [-0.39, 0.29) is 12.1 Å². The van der Waals surface area contributed by atoms with Crippen LogP contribution in [0, 0.1) is 6.92 Å². The Labute approximate surface area is 205 Å². The number of hydrogen-bond donors (Lipinski definition) is 1. The maximum Gasteiger partial charge on any atom is 0.174 e. The molecule has 32 heavy (non-hydrogen) atoms. The third-order valence-electron chi connectivity index (χ3n) is 5.65. The molecule has 1 aliphatic rings. The zero-order chi connectivity index (χ0) is 22.2. The molecule has 0 bridgehead atoms. The van der Waals surface area contributed by atoms with Crippen LogP contribution in [0.2, 0.25) is 5.02 Å². The van der Waals surface area contributed by atoms with Crippen LogP contribution >= 0.6 is 39.7 Å². The van der Waals surface area contributed by atoms with Gasteiger partial charge in [0, 0.05) is 26.9 Å².